The van der Waals surface area contributed by atoms with Crippen molar-refractivity contribution < 1.29 is 9.53 Å². The van der Waals surface area contributed by atoms with Gasteiger partial charge in [0.1, 0.15) is 11.3 Å². The van der Waals surface area contributed by atoms with Gasteiger partial charge in [0.05, 0.1) is 18.7 Å². The SMILES string of the molecule is C=CC(=O)Nc1cccc(Oc2cnc3[nH]cc(-c4ccc(NCCC#N)cc4)c3n2)c1. The standard InChI is InChI=1S/C24H20N6O2/c1-2-21(31)29-18-5-3-6-19(13-18)32-22-15-28-24-23(30-22)20(14-27-24)16-7-9-17(10-8-16)26-12-4-11-25/h2-3,5-10,13-15,26H,1,4,12H2,(H,27,28)(H,29,31). The van der Waals surface area contributed by atoms with Crippen molar-refractivity contribution in [3.63, 3.8) is 0 Å². The summed E-state index contributed by atoms with van der Waals surface area (Å²) in [4.78, 5) is 23.7. The molecular formula is C24H20N6O2. The van der Waals surface area contributed by atoms with Gasteiger partial charge in [0.15, 0.2) is 5.65 Å². The summed E-state index contributed by atoms with van der Waals surface area (Å²) in [5.41, 5.74) is 4.74. The third-order valence-electron chi connectivity index (χ3n) is 4.63. The van der Waals surface area contributed by atoms with Gasteiger partial charge in [-0.1, -0.05) is 24.8 Å². The fourth-order valence-corrected chi connectivity index (χ4v) is 3.13. The minimum absolute atomic E-state index is 0.299. The molecule has 2 aromatic heterocycles. The number of hydrogen-bond donors (Lipinski definition) is 3. The normalized spacial score (nSPS) is 10.3. The zero-order valence-corrected chi connectivity index (χ0v) is 17.1. The Bertz CT molecular complexity index is 1300. The number of nitrogens with zero attached hydrogens (tertiary/aromatic N) is 3. The van der Waals surface area contributed by atoms with Gasteiger partial charge in [-0.05, 0) is 35.9 Å². The van der Waals surface area contributed by atoms with Crippen LogP contribution in [0.25, 0.3) is 22.3 Å². The number of fused-ring (bicyclic) bond motifs is 1. The quantitative estimate of drug-likeness (QED) is 0.275. The average Bonchev–Trinajstić information content (AvgIpc) is 3.23. The minimum atomic E-state index is -0.299. The number of hydrogen-bond acceptors (Lipinski definition) is 6. The Morgan fingerprint density at radius 3 is 2.84 bits per heavy atom. The molecule has 2 aromatic carbocycles. The highest BCUT2D eigenvalue weighted by Crippen LogP contribution is 2.30. The van der Waals surface area contributed by atoms with E-state index in [0.29, 0.717) is 41.4 Å². The van der Waals surface area contributed by atoms with Gasteiger partial charge >= 0.3 is 0 Å². The number of H-pyrrole nitrogens is 1. The zero-order valence-electron chi connectivity index (χ0n) is 17.1. The molecule has 4 aromatic rings. The Kier molecular flexibility index (Phi) is 6.09. The molecule has 0 aliphatic heterocycles. The molecule has 0 bridgehead atoms. The maximum absolute atomic E-state index is 11.5. The molecule has 8 nitrogen and oxygen atoms in total. The van der Waals surface area contributed by atoms with E-state index < -0.39 is 0 Å². The molecule has 0 spiro atoms. The third-order valence-corrected chi connectivity index (χ3v) is 4.63. The van der Waals surface area contributed by atoms with Crippen LogP contribution in [0.5, 0.6) is 11.6 Å². The predicted octanol–water partition coefficient (Wildman–Crippen LogP) is 4.87. The number of nitrogens with one attached hydrogen (secondary N) is 3. The van der Waals surface area contributed by atoms with Crippen molar-refractivity contribution in [1.29, 1.82) is 5.26 Å². The first kappa shape index (κ1) is 20.6. The predicted molar refractivity (Wildman–Crippen MR) is 123 cm³/mol. The summed E-state index contributed by atoms with van der Waals surface area (Å²) in [6.07, 6.45) is 5.05. The summed E-state index contributed by atoms with van der Waals surface area (Å²) in [5.74, 6) is 0.553. The molecule has 0 unspecified atom stereocenters. The van der Waals surface area contributed by atoms with E-state index in [1.165, 1.54) is 6.08 Å². The Morgan fingerprint density at radius 2 is 2.06 bits per heavy atom. The van der Waals surface area contributed by atoms with E-state index in [0.717, 1.165) is 16.8 Å². The zero-order chi connectivity index (χ0) is 22.3. The molecule has 0 atom stereocenters. The van der Waals surface area contributed by atoms with E-state index in [4.69, 9.17) is 10.00 Å². The number of aromatic nitrogens is 3. The average molecular weight is 424 g/mol. The Hall–Kier alpha value is -4.64. The molecule has 2 heterocycles. The van der Waals surface area contributed by atoms with Crippen LogP contribution in [-0.2, 0) is 4.79 Å². The van der Waals surface area contributed by atoms with Crippen LogP contribution in [0, 0.1) is 11.3 Å². The summed E-state index contributed by atoms with van der Waals surface area (Å²) in [7, 11) is 0. The molecule has 0 radical (unpaired) electrons. The summed E-state index contributed by atoms with van der Waals surface area (Å²) in [5, 5.41) is 14.5. The summed E-state index contributed by atoms with van der Waals surface area (Å²) in [6.45, 7) is 4.05. The number of ether oxygens (including phenoxy) is 1. The van der Waals surface area contributed by atoms with Gasteiger partial charge in [-0.25, -0.2) is 9.97 Å². The van der Waals surface area contributed by atoms with Crippen LogP contribution in [-0.4, -0.2) is 27.4 Å². The fraction of sp³-hybridized carbons (Fsp3) is 0.0833. The summed E-state index contributed by atoms with van der Waals surface area (Å²) >= 11 is 0. The van der Waals surface area contributed by atoms with E-state index >= 15 is 0 Å². The molecule has 158 valence electrons. The van der Waals surface area contributed by atoms with Gasteiger partial charge in [-0.3, -0.25) is 4.79 Å². The van der Waals surface area contributed by atoms with Crippen molar-refractivity contribution in [1.82, 2.24) is 15.0 Å². The lowest BCUT2D eigenvalue weighted by Crippen LogP contribution is -2.07. The Morgan fingerprint density at radius 1 is 1.22 bits per heavy atom. The second kappa shape index (κ2) is 9.45. The lowest BCUT2D eigenvalue weighted by Gasteiger charge is -2.08. The number of carbonyl (C=O) groups is 1. The van der Waals surface area contributed by atoms with E-state index in [-0.39, 0.29) is 5.91 Å². The van der Waals surface area contributed by atoms with Crippen molar-refractivity contribution in [2.45, 2.75) is 6.42 Å². The van der Waals surface area contributed by atoms with Crippen LogP contribution in [0.15, 0.2) is 73.6 Å². The molecule has 0 aliphatic carbocycles. The molecule has 4 rings (SSSR count). The number of benzene rings is 2. The van der Waals surface area contributed by atoms with E-state index in [2.05, 4.69) is 38.2 Å². The molecule has 0 fully saturated rings. The molecule has 1 amide bonds. The van der Waals surface area contributed by atoms with Crippen LogP contribution < -0.4 is 15.4 Å². The van der Waals surface area contributed by atoms with Crippen molar-refractivity contribution in [3.05, 3.63) is 73.6 Å². The van der Waals surface area contributed by atoms with E-state index in [1.807, 2.05) is 30.5 Å². The van der Waals surface area contributed by atoms with E-state index in [1.54, 1.807) is 30.5 Å². The van der Waals surface area contributed by atoms with Crippen molar-refractivity contribution in [2.24, 2.45) is 0 Å². The number of anilines is 2. The van der Waals surface area contributed by atoms with Gasteiger partial charge < -0.3 is 20.4 Å². The maximum Gasteiger partial charge on any atom is 0.247 e. The second-order valence-electron chi connectivity index (χ2n) is 6.84. The van der Waals surface area contributed by atoms with Crippen molar-refractivity contribution in [3.8, 4) is 28.8 Å². The highest BCUT2D eigenvalue weighted by atomic mass is 16.5. The summed E-state index contributed by atoms with van der Waals surface area (Å²) < 4.78 is 5.88. The molecule has 8 heteroatoms. The van der Waals surface area contributed by atoms with Crippen molar-refractivity contribution in [2.75, 3.05) is 17.2 Å². The number of carbonyl (C=O) groups excluding carboxylic acids is 1. The number of nitriles is 1. The number of rotatable bonds is 8. The van der Waals surface area contributed by atoms with Gasteiger partial charge in [-0.15, -0.1) is 0 Å². The van der Waals surface area contributed by atoms with Gasteiger partial charge in [0.25, 0.3) is 0 Å². The number of aromatic amines is 1. The minimum Gasteiger partial charge on any atom is -0.437 e. The molecule has 3 N–H and O–H groups in total. The molecular weight excluding hydrogens is 404 g/mol. The first-order valence-electron chi connectivity index (χ1n) is 9.93. The monoisotopic (exact) mass is 424 g/mol. The van der Waals surface area contributed by atoms with Crippen LogP contribution >= 0.6 is 0 Å². The topological polar surface area (TPSA) is 116 Å². The van der Waals surface area contributed by atoms with Crippen LogP contribution in [0.4, 0.5) is 11.4 Å². The largest absolute Gasteiger partial charge is 0.437 e. The van der Waals surface area contributed by atoms with Gasteiger partial charge in [0.2, 0.25) is 11.8 Å². The number of amides is 1. The first-order valence-corrected chi connectivity index (χ1v) is 9.93. The fourth-order valence-electron chi connectivity index (χ4n) is 3.13. The molecule has 0 saturated heterocycles. The Labute approximate surface area is 184 Å². The molecule has 0 saturated carbocycles. The van der Waals surface area contributed by atoms with E-state index in [9.17, 15) is 4.79 Å². The highest BCUT2D eigenvalue weighted by Gasteiger charge is 2.11. The lowest BCUT2D eigenvalue weighted by atomic mass is 10.1. The highest BCUT2D eigenvalue weighted by molar-refractivity contribution is 5.99. The maximum atomic E-state index is 11.5. The second-order valence-corrected chi connectivity index (χ2v) is 6.84. The van der Waals surface area contributed by atoms with Crippen LogP contribution in [0.1, 0.15) is 6.42 Å². The summed E-state index contributed by atoms with van der Waals surface area (Å²) in [6, 6.07) is 17.0. The van der Waals surface area contributed by atoms with Gasteiger partial charge in [0, 0.05) is 35.7 Å². The smallest absolute Gasteiger partial charge is 0.247 e. The lowest BCUT2D eigenvalue weighted by molar-refractivity contribution is -0.111. The Balaban J connectivity index is 1.56. The van der Waals surface area contributed by atoms with Crippen LogP contribution in [0.2, 0.25) is 0 Å². The molecule has 0 aliphatic rings. The molecule has 32 heavy (non-hydrogen) atoms. The third kappa shape index (κ3) is 4.74. The first-order chi connectivity index (χ1) is 15.7. The van der Waals surface area contributed by atoms with Crippen molar-refractivity contribution >= 4 is 28.4 Å². The van der Waals surface area contributed by atoms with Gasteiger partial charge in [-0.2, -0.15) is 5.26 Å². The van der Waals surface area contributed by atoms with Crippen LogP contribution in [0.3, 0.4) is 0 Å².